The Kier molecular flexibility index (Phi) is 5.13. The van der Waals surface area contributed by atoms with Gasteiger partial charge in [0.1, 0.15) is 6.29 Å². The summed E-state index contributed by atoms with van der Waals surface area (Å²) in [5.74, 6) is 0. The minimum absolute atomic E-state index is 0.0180. The zero-order valence-corrected chi connectivity index (χ0v) is 16.7. The smallest absolute Gasteiger partial charge is 0.119 e. The van der Waals surface area contributed by atoms with Crippen LogP contribution in [0.3, 0.4) is 0 Å². The van der Waals surface area contributed by atoms with Gasteiger partial charge >= 0.3 is 0 Å². The lowest BCUT2D eigenvalue weighted by Crippen LogP contribution is -2.27. The fourth-order valence-corrected chi connectivity index (χ4v) is 5.18. The average Bonchev–Trinajstić information content (AvgIpc) is 3.33. The van der Waals surface area contributed by atoms with E-state index in [9.17, 15) is 4.79 Å². The molecule has 27 heavy (non-hydrogen) atoms. The molecule has 2 aromatic rings. The molecule has 0 atom stereocenters. The van der Waals surface area contributed by atoms with Crippen LogP contribution in [0.2, 0.25) is 5.02 Å². The number of rotatable bonds is 8. The van der Waals surface area contributed by atoms with E-state index in [1.165, 1.54) is 19.3 Å². The van der Waals surface area contributed by atoms with Crippen molar-refractivity contribution in [1.82, 2.24) is 9.78 Å². The number of carbonyl (C=O) groups is 1. The zero-order valence-electron chi connectivity index (χ0n) is 15.9. The summed E-state index contributed by atoms with van der Waals surface area (Å²) in [5, 5.41) is 5.36. The molecule has 2 bridgehead atoms. The van der Waals surface area contributed by atoms with Crippen LogP contribution >= 0.6 is 11.6 Å². The third-order valence-corrected chi connectivity index (χ3v) is 6.70. The first-order valence-electron chi connectivity index (χ1n) is 9.92. The standard InChI is InChI=1S/C22H27ClN2O2/c1-17-14-20(25(24-17)19-6-4-18(23)5-7-19)15-27-22-11-9-21(16-22,10-12-22)8-2-3-13-26/h4-7,13-14H,2-3,8-12,15-16H2,1H3. The van der Waals surface area contributed by atoms with E-state index >= 15 is 0 Å². The highest BCUT2D eigenvalue weighted by Crippen LogP contribution is 2.60. The van der Waals surface area contributed by atoms with Gasteiger partial charge in [-0.25, -0.2) is 4.68 Å². The summed E-state index contributed by atoms with van der Waals surface area (Å²) in [7, 11) is 0. The van der Waals surface area contributed by atoms with Gasteiger partial charge in [-0.05, 0) is 87.6 Å². The number of carbonyl (C=O) groups excluding carboxylic acids is 1. The maximum absolute atomic E-state index is 10.6. The second-order valence-corrected chi connectivity index (χ2v) is 8.81. The number of aromatic nitrogens is 2. The van der Waals surface area contributed by atoms with Crippen LogP contribution in [0.5, 0.6) is 0 Å². The van der Waals surface area contributed by atoms with Gasteiger partial charge in [-0.2, -0.15) is 5.10 Å². The van der Waals surface area contributed by atoms with E-state index in [4.69, 9.17) is 16.3 Å². The molecule has 4 rings (SSSR count). The molecular formula is C22H27ClN2O2. The molecule has 0 amide bonds. The van der Waals surface area contributed by atoms with E-state index in [0.29, 0.717) is 18.4 Å². The molecule has 1 heterocycles. The van der Waals surface area contributed by atoms with Crippen molar-refractivity contribution in [2.45, 2.75) is 70.5 Å². The fourth-order valence-electron chi connectivity index (χ4n) is 5.06. The Morgan fingerprint density at radius 2 is 1.96 bits per heavy atom. The molecular weight excluding hydrogens is 360 g/mol. The van der Waals surface area contributed by atoms with E-state index in [1.54, 1.807) is 0 Å². The third kappa shape index (κ3) is 3.83. The van der Waals surface area contributed by atoms with Crippen LogP contribution in [0.4, 0.5) is 0 Å². The van der Waals surface area contributed by atoms with Gasteiger partial charge in [-0.3, -0.25) is 0 Å². The summed E-state index contributed by atoms with van der Waals surface area (Å²) < 4.78 is 8.50. The van der Waals surface area contributed by atoms with Crippen LogP contribution in [0.15, 0.2) is 30.3 Å². The van der Waals surface area contributed by atoms with Gasteiger partial charge in [-0.1, -0.05) is 11.6 Å². The Morgan fingerprint density at radius 1 is 1.22 bits per heavy atom. The largest absolute Gasteiger partial charge is 0.369 e. The number of halogens is 1. The molecule has 0 aliphatic heterocycles. The van der Waals surface area contributed by atoms with E-state index < -0.39 is 0 Å². The highest BCUT2D eigenvalue weighted by molar-refractivity contribution is 6.30. The number of nitrogens with zero attached hydrogens (tertiary/aromatic N) is 2. The molecule has 5 heteroatoms. The van der Waals surface area contributed by atoms with Gasteiger partial charge in [0.15, 0.2) is 0 Å². The summed E-state index contributed by atoms with van der Waals surface area (Å²) in [5.41, 5.74) is 3.50. The lowest BCUT2D eigenvalue weighted by atomic mass is 9.80. The zero-order chi connectivity index (χ0) is 18.9. The molecule has 2 aliphatic carbocycles. The number of hydrogen-bond acceptors (Lipinski definition) is 3. The van der Waals surface area contributed by atoms with Crippen LogP contribution < -0.4 is 0 Å². The Labute approximate surface area is 165 Å². The number of ether oxygens (including phenoxy) is 1. The van der Waals surface area contributed by atoms with Crippen molar-refractivity contribution in [2.75, 3.05) is 0 Å². The summed E-state index contributed by atoms with van der Waals surface area (Å²) in [6, 6.07) is 9.85. The maximum atomic E-state index is 10.6. The highest BCUT2D eigenvalue weighted by Gasteiger charge is 2.54. The number of aldehydes is 1. The molecule has 0 N–H and O–H groups in total. The lowest BCUT2D eigenvalue weighted by molar-refractivity contribution is -0.108. The summed E-state index contributed by atoms with van der Waals surface area (Å²) >= 11 is 6.02. The summed E-state index contributed by atoms with van der Waals surface area (Å²) in [6.45, 7) is 2.59. The minimum atomic E-state index is 0.0180. The molecule has 0 radical (unpaired) electrons. The number of unbranched alkanes of at least 4 members (excludes halogenated alkanes) is 1. The predicted molar refractivity (Wildman–Crippen MR) is 106 cm³/mol. The summed E-state index contributed by atoms with van der Waals surface area (Å²) in [4.78, 5) is 10.6. The van der Waals surface area contributed by atoms with Crippen molar-refractivity contribution in [3.63, 3.8) is 0 Å². The Hall–Kier alpha value is -1.65. The van der Waals surface area contributed by atoms with Crippen LogP contribution in [-0.4, -0.2) is 21.7 Å². The van der Waals surface area contributed by atoms with Crippen molar-refractivity contribution < 1.29 is 9.53 Å². The van der Waals surface area contributed by atoms with Gasteiger partial charge in [0.2, 0.25) is 0 Å². The fraction of sp³-hybridized carbons (Fsp3) is 0.545. The Bertz CT molecular complexity index is 804. The molecule has 1 aromatic carbocycles. The average molecular weight is 387 g/mol. The van der Waals surface area contributed by atoms with E-state index in [-0.39, 0.29) is 5.60 Å². The van der Waals surface area contributed by atoms with Crippen molar-refractivity contribution >= 4 is 17.9 Å². The van der Waals surface area contributed by atoms with Gasteiger partial charge in [0, 0.05) is 11.4 Å². The van der Waals surface area contributed by atoms with Crippen LogP contribution in [0.25, 0.3) is 5.69 Å². The first kappa shape index (κ1) is 18.7. The van der Waals surface area contributed by atoms with Crippen LogP contribution in [0, 0.1) is 12.3 Å². The molecule has 2 fully saturated rings. The quantitative estimate of drug-likeness (QED) is 0.449. The SMILES string of the molecule is Cc1cc(COC23CCC(CCCC=O)(CC2)C3)n(-c2ccc(Cl)cc2)n1. The molecule has 144 valence electrons. The predicted octanol–water partition coefficient (Wildman–Crippen LogP) is 5.42. The minimum Gasteiger partial charge on any atom is -0.369 e. The second-order valence-electron chi connectivity index (χ2n) is 8.37. The number of aryl methyl sites for hydroxylation is 1. The molecule has 0 unspecified atom stereocenters. The number of fused-ring (bicyclic) bond motifs is 2. The van der Waals surface area contributed by atoms with Crippen LogP contribution in [-0.2, 0) is 16.1 Å². The molecule has 1 aromatic heterocycles. The normalized spacial score (nSPS) is 26.6. The van der Waals surface area contributed by atoms with Crippen molar-refractivity contribution in [1.29, 1.82) is 0 Å². The van der Waals surface area contributed by atoms with Gasteiger partial charge in [0.05, 0.1) is 29.3 Å². The van der Waals surface area contributed by atoms with Crippen molar-refractivity contribution in [3.8, 4) is 5.69 Å². The first-order chi connectivity index (χ1) is 13.0. The molecule has 2 aliphatic rings. The van der Waals surface area contributed by atoms with E-state index in [0.717, 1.165) is 54.1 Å². The van der Waals surface area contributed by atoms with E-state index in [2.05, 4.69) is 11.2 Å². The first-order valence-corrected chi connectivity index (χ1v) is 10.3. The van der Waals surface area contributed by atoms with Crippen molar-refractivity contribution in [3.05, 3.63) is 46.7 Å². The monoisotopic (exact) mass is 386 g/mol. The highest BCUT2D eigenvalue weighted by atomic mass is 35.5. The van der Waals surface area contributed by atoms with Crippen LogP contribution in [0.1, 0.15) is 62.8 Å². The van der Waals surface area contributed by atoms with Gasteiger partial charge in [-0.15, -0.1) is 0 Å². The third-order valence-electron chi connectivity index (χ3n) is 6.45. The van der Waals surface area contributed by atoms with Gasteiger partial charge in [0.25, 0.3) is 0 Å². The Morgan fingerprint density at radius 3 is 2.67 bits per heavy atom. The van der Waals surface area contributed by atoms with E-state index in [1.807, 2.05) is 35.9 Å². The lowest BCUT2D eigenvalue weighted by Gasteiger charge is -2.28. The molecule has 0 spiro atoms. The molecule has 0 saturated heterocycles. The molecule has 2 saturated carbocycles. The number of hydrogen-bond donors (Lipinski definition) is 0. The maximum Gasteiger partial charge on any atom is 0.119 e. The number of benzene rings is 1. The van der Waals surface area contributed by atoms with Gasteiger partial charge < -0.3 is 9.53 Å². The topological polar surface area (TPSA) is 44.1 Å². The van der Waals surface area contributed by atoms with Crippen molar-refractivity contribution in [2.24, 2.45) is 5.41 Å². The molecule has 4 nitrogen and oxygen atoms in total. The Balaban J connectivity index is 1.44. The second kappa shape index (κ2) is 7.40. The summed E-state index contributed by atoms with van der Waals surface area (Å²) in [6.07, 6.45) is 9.82.